The minimum absolute atomic E-state index is 0.0116. The lowest BCUT2D eigenvalue weighted by atomic mass is 10.1. The van der Waals surface area contributed by atoms with Gasteiger partial charge in [0.15, 0.2) is 5.03 Å². The smallest absolute Gasteiger partial charge is 0.259 e. The van der Waals surface area contributed by atoms with Crippen LogP contribution >= 0.6 is 0 Å². The summed E-state index contributed by atoms with van der Waals surface area (Å²) in [6.45, 7) is 3.02. The lowest BCUT2D eigenvalue weighted by Gasteiger charge is -2.21. The highest BCUT2D eigenvalue weighted by Gasteiger charge is 2.27. The van der Waals surface area contributed by atoms with Crippen LogP contribution in [0.1, 0.15) is 36.0 Å². The van der Waals surface area contributed by atoms with Crippen molar-refractivity contribution in [1.29, 1.82) is 0 Å². The normalized spacial score (nSPS) is 19.0. The molecule has 0 unspecified atom stereocenters. The van der Waals surface area contributed by atoms with Crippen molar-refractivity contribution in [3.05, 3.63) is 35.8 Å². The number of nitrogens with zero attached hydrogens (tertiary/aromatic N) is 5. The average molecular weight is 350 g/mol. The van der Waals surface area contributed by atoms with Crippen molar-refractivity contribution in [2.45, 2.75) is 37.4 Å². The molecule has 3 rings (SSSR count). The van der Waals surface area contributed by atoms with Gasteiger partial charge < -0.3 is 4.57 Å². The number of sulfonamides is 1. The van der Waals surface area contributed by atoms with E-state index in [9.17, 15) is 8.42 Å². The second-order valence-electron chi connectivity index (χ2n) is 6.17. The Bertz CT molecular complexity index is 832. The van der Waals surface area contributed by atoms with Crippen LogP contribution in [0.4, 0.5) is 0 Å². The zero-order valence-electron chi connectivity index (χ0n) is 14.1. The molecule has 0 saturated carbocycles. The monoisotopic (exact) mass is 350 g/mol. The number of aromatic nitrogens is 4. The molecule has 1 N–H and O–H groups in total. The van der Waals surface area contributed by atoms with Crippen LogP contribution in [-0.2, 0) is 23.6 Å². The Morgan fingerprint density at radius 1 is 1.33 bits per heavy atom. The number of hydrogen-bond acceptors (Lipinski definition) is 6. The van der Waals surface area contributed by atoms with Crippen LogP contribution in [0.2, 0.25) is 0 Å². The first-order valence-electron chi connectivity index (χ1n) is 7.87. The first-order chi connectivity index (χ1) is 11.4. The minimum Gasteiger partial charge on any atom is -0.339 e. The third kappa shape index (κ3) is 3.47. The van der Waals surface area contributed by atoms with Crippen molar-refractivity contribution in [3.63, 3.8) is 0 Å². The van der Waals surface area contributed by atoms with Crippen LogP contribution < -0.4 is 4.72 Å². The molecule has 8 nitrogen and oxygen atoms in total. The number of rotatable bonds is 5. The van der Waals surface area contributed by atoms with Gasteiger partial charge in [-0.25, -0.2) is 28.1 Å². The average Bonchev–Trinajstić information content (AvgIpc) is 3.15. The number of likely N-dealkylation sites (tertiary alicyclic amines) is 1. The topological polar surface area (TPSA) is 93.0 Å². The summed E-state index contributed by atoms with van der Waals surface area (Å²) >= 11 is 0. The molecule has 0 bridgehead atoms. The van der Waals surface area contributed by atoms with Crippen molar-refractivity contribution in [2.75, 3.05) is 13.6 Å². The molecule has 1 saturated heterocycles. The fraction of sp³-hybridized carbons (Fsp3) is 0.533. The summed E-state index contributed by atoms with van der Waals surface area (Å²) in [5, 5.41) is 0.0116. The summed E-state index contributed by atoms with van der Waals surface area (Å²) in [7, 11) is 0.144. The minimum atomic E-state index is -3.65. The zero-order chi connectivity index (χ0) is 17.3. The van der Waals surface area contributed by atoms with Crippen molar-refractivity contribution < 1.29 is 8.42 Å². The first-order valence-corrected chi connectivity index (χ1v) is 9.35. The lowest BCUT2D eigenvalue weighted by molar-refractivity contribution is 0.309. The highest BCUT2D eigenvalue weighted by Crippen LogP contribution is 2.31. The first kappa shape index (κ1) is 17.0. The van der Waals surface area contributed by atoms with Gasteiger partial charge in [0.1, 0.15) is 5.82 Å². The number of aryl methyl sites for hydroxylation is 2. The molecule has 1 fully saturated rings. The van der Waals surface area contributed by atoms with Crippen molar-refractivity contribution in [1.82, 2.24) is 29.1 Å². The van der Waals surface area contributed by atoms with E-state index >= 15 is 0 Å². The maximum absolute atomic E-state index is 12.3. The molecule has 0 radical (unpaired) electrons. The third-order valence-corrected chi connectivity index (χ3v) is 5.55. The van der Waals surface area contributed by atoms with Gasteiger partial charge in [0.25, 0.3) is 10.0 Å². The van der Waals surface area contributed by atoms with E-state index < -0.39 is 10.0 Å². The Balaban J connectivity index is 1.83. The van der Waals surface area contributed by atoms with Crippen LogP contribution in [0, 0.1) is 6.92 Å². The predicted molar refractivity (Wildman–Crippen MR) is 88.6 cm³/mol. The van der Waals surface area contributed by atoms with Crippen LogP contribution in [0.25, 0.3) is 0 Å². The van der Waals surface area contributed by atoms with E-state index in [0.717, 1.165) is 30.6 Å². The van der Waals surface area contributed by atoms with Crippen molar-refractivity contribution in [3.8, 4) is 0 Å². The summed E-state index contributed by atoms with van der Waals surface area (Å²) in [5.41, 5.74) is 1.71. The maximum atomic E-state index is 12.3. The lowest BCUT2D eigenvalue weighted by Crippen LogP contribution is -2.26. The molecule has 9 heteroatoms. The van der Waals surface area contributed by atoms with Crippen molar-refractivity contribution >= 4 is 10.0 Å². The summed E-state index contributed by atoms with van der Waals surface area (Å²) in [6, 6.07) is 0.209. The van der Waals surface area contributed by atoms with Crippen molar-refractivity contribution in [2.24, 2.45) is 7.05 Å². The van der Waals surface area contributed by atoms with E-state index in [0.29, 0.717) is 5.82 Å². The van der Waals surface area contributed by atoms with Gasteiger partial charge in [-0.15, -0.1) is 0 Å². The zero-order valence-corrected chi connectivity index (χ0v) is 14.9. The van der Waals surface area contributed by atoms with E-state index in [1.54, 1.807) is 17.8 Å². The largest absolute Gasteiger partial charge is 0.339 e. The Hall–Kier alpha value is -1.84. The molecule has 2 aromatic rings. The van der Waals surface area contributed by atoms with E-state index in [2.05, 4.69) is 31.6 Å². The maximum Gasteiger partial charge on any atom is 0.259 e. The van der Waals surface area contributed by atoms with Crippen LogP contribution in [0.3, 0.4) is 0 Å². The fourth-order valence-electron chi connectivity index (χ4n) is 2.97. The molecule has 1 aliphatic rings. The Morgan fingerprint density at radius 3 is 2.75 bits per heavy atom. The summed E-state index contributed by atoms with van der Waals surface area (Å²) in [6.07, 6.45) is 6.78. The molecule has 3 heterocycles. The van der Waals surface area contributed by atoms with E-state index in [1.807, 2.05) is 6.92 Å². The summed E-state index contributed by atoms with van der Waals surface area (Å²) in [4.78, 5) is 15.0. The van der Waals surface area contributed by atoms with E-state index in [4.69, 9.17) is 0 Å². The molecule has 24 heavy (non-hydrogen) atoms. The summed E-state index contributed by atoms with van der Waals surface area (Å²) < 4.78 is 28.9. The molecule has 1 atom stereocenters. The number of hydrogen-bond donors (Lipinski definition) is 1. The van der Waals surface area contributed by atoms with Gasteiger partial charge in [-0.3, -0.25) is 4.90 Å². The molecule has 1 aliphatic heterocycles. The Morgan fingerprint density at radius 2 is 2.12 bits per heavy atom. The molecular formula is C15H22N6O2S. The predicted octanol–water partition coefficient (Wildman–Crippen LogP) is 0.764. The fourth-order valence-corrected chi connectivity index (χ4v) is 3.95. The number of nitrogens with one attached hydrogen (secondary N) is 1. The van der Waals surface area contributed by atoms with Gasteiger partial charge in [0, 0.05) is 31.5 Å². The van der Waals surface area contributed by atoms with Crippen LogP contribution in [-0.4, -0.2) is 46.4 Å². The standard InChI is InChI=1S/C15H22N6O2S/c1-11-16-7-12(15(19-11)13-5-4-6-21(13)3)8-18-24(22,23)14-9-20(2)10-17-14/h7,9-10,13,18H,4-6,8H2,1-3H3/t13-/m0/s1. The quantitative estimate of drug-likeness (QED) is 0.856. The van der Waals surface area contributed by atoms with E-state index in [1.165, 1.54) is 12.5 Å². The molecule has 0 aliphatic carbocycles. The number of imidazole rings is 1. The second kappa shape index (κ2) is 6.58. The third-order valence-electron chi connectivity index (χ3n) is 4.26. The highest BCUT2D eigenvalue weighted by molar-refractivity contribution is 7.89. The van der Waals surface area contributed by atoms with Gasteiger partial charge in [-0.2, -0.15) is 0 Å². The highest BCUT2D eigenvalue weighted by atomic mass is 32.2. The SMILES string of the molecule is Cc1ncc(CNS(=O)(=O)c2cn(C)cn2)c([C@@H]2CCCN2C)n1. The second-order valence-corrected chi connectivity index (χ2v) is 7.88. The molecule has 2 aromatic heterocycles. The van der Waals surface area contributed by atoms with Crippen LogP contribution in [0.5, 0.6) is 0 Å². The summed E-state index contributed by atoms with van der Waals surface area (Å²) in [5.74, 6) is 0.696. The van der Waals surface area contributed by atoms with Gasteiger partial charge in [0.2, 0.25) is 0 Å². The molecule has 0 aromatic carbocycles. The van der Waals surface area contributed by atoms with Gasteiger partial charge in [-0.05, 0) is 33.4 Å². The molecule has 0 amide bonds. The van der Waals surface area contributed by atoms with Gasteiger partial charge in [0.05, 0.1) is 18.1 Å². The van der Waals surface area contributed by atoms with Crippen LogP contribution in [0.15, 0.2) is 23.7 Å². The Labute approximate surface area is 142 Å². The van der Waals surface area contributed by atoms with E-state index in [-0.39, 0.29) is 17.6 Å². The molecule has 0 spiro atoms. The molecular weight excluding hydrogens is 328 g/mol. The van der Waals surface area contributed by atoms with Gasteiger partial charge >= 0.3 is 0 Å². The Kier molecular flexibility index (Phi) is 4.66. The molecule has 130 valence electrons. The van der Waals surface area contributed by atoms with Gasteiger partial charge in [-0.1, -0.05) is 0 Å².